The molecule has 1 saturated heterocycles. The number of carbonyl (C=O) groups excluding carboxylic acids is 2. The van der Waals surface area contributed by atoms with E-state index in [2.05, 4.69) is 32.2 Å². The minimum Gasteiger partial charge on any atom is -0.380 e. The number of aryl methyl sites for hydroxylation is 1. The Morgan fingerprint density at radius 3 is 2.26 bits per heavy atom. The van der Waals surface area contributed by atoms with Crippen molar-refractivity contribution in [1.82, 2.24) is 10.2 Å². The molecule has 0 aromatic heterocycles. The molecule has 2 amide bonds. The number of nitrogens with one attached hydrogen (secondary N) is 1. The first-order chi connectivity index (χ1) is 14.8. The molecular formula is C23H28BrN3O4. The first kappa shape index (κ1) is 23.2. The monoisotopic (exact) mass is 489 g/mol. The lowest BCUT2D eigenvalue weighted by molar-refractivity contribution is -0.153. The third-order valence-electron chi connectivity index (χ3n) is 5.51. The Bertz CT molecular complexity index is 913. The number of aliphatic hydroxyl groups is 2. The van der Waals surface area contributed by atoms with Crippen molar-refractivity contribution in [1.29, 1.82) is 0 Å². The third kappa shape index (κ3) is 5.84. The van der Waals surface area contributed by atoms with Gasteiger partial charge in [0.2, 0.25) is 0 Å². The summed E-state index contributed by atoms with van der Waals surface area (Å²) in [5, 5.41) is 23.2. The molecule has 7 nitrogen and oxygen atoms in total. The van der Waals surface area contributed by atoms with Gasteiger partial charge in [-0.3, -0.25) is 9.59 Å². The van der Waals surface area contributed by atoms with Crippen LogP contribution in [0, 0.1) is 6.92 Å². The van der Waals surface area contributed by atoms with Crippen molar-refractivity contribution >= 4 is 33.4 Å². The van der Waals surface area contributed by atoms with Crippen LogP contribution in [0.3, 0.4) is 0 Å². The Kier molecular flexibility index (Phi) is 7.69. The van der Waals surface area contributed by atoms with Gasteiger partial charge in [0, 0.05) is 36.3 Å². The second-order valence-corrected chi connectivity index (χ2v) is 8.74. The topological polar surface area (TPSA) is 93.1 Å². The van der Waals surface area contributed by atoms with E-state index in [-0.39, 0.29) is 6.04 Å². The van der Waals surface area contributed by atoms with Crippen molar-refractivity contribution in [2.75, 3.05) is 31.1 Å². The molecule has 31 heavy (non-hydrogen) atoms. The summed E-state index contributed by atoms with van der Waals surface area (Å²) >= 11 is 3.36. The molecule has 2 unspecified atom stereocenters. The van der Waals surface area contributed by atoms with E-state index in [4.69, 9.17) is 0 Å². The van der Waals surface area contributed by atoms with Gasteiger partial charge in [-0.1, -0.05) is 40.2 Å². The van der Waals surface area contributed by atoms with Crippen LogP contribution in [0.2, 0.25) is 0 Å². The minimum absolute atomic E-state index is 0.379. The minimum atomic E-state index is -1.83. The summed E-state index contributed by atoms with van der Waals surface area (Å²) < 4.78 is 0.915. The van der Waals surface area contributed by atoms with Crippen LogP contribution in [0.5, 0.6) is 0 Å². The summed E-state index contributed by atoms with van der Waals surface area (Å²) in [5.74, 6) is -1.42. The van der Waals surface area contributed by atoms with Gasteiger partial charge >= 0.3 is 0 Å². The largest absolute Gasteiger partial charge is 0.380 e. The van der Waals surface area contributed by atoms with Gasteiger partial charge < -0.3 is 25.3 Å². The van der Waals surface area contributed by atoms with Crippen LogP contribution < -0.4 is 10.2 Å². The van der Waals surface area contributed by atoms with E-state index in [0.29, 0.717) is 26.2 Å². The highest BCUT2D eigenvalue weighted by Crippen LogP contribution is 2.19. The van der Waals surface area contributed by atoms with E-state index in [1.807, 2.05) is 49.4 Å². The highest BCUT2D eigenvalue weighted by Gasteiger charge is 2.35. The van der Waals surface area contributed by atoms with Crippen LogP contribution in [-0.4, -0.2) is 65.3 Å². The lowest BCUT2D eigenvalue weighted by atomic mass is 10.1. The molecule has 2 aromatic rings. The average molecular weight is 490 g/mol. The SMILES string of the molecule is Cc1cccc(N2CCN(C(=O)C(O)C(O)C(=O)N[C@@H](C)c3ccc(Br)cc3)CC2)c1. The van der Waals surface area contributed by atoms with Gasteiger partial charge in [-0.15, -0.1) is 0 Å². The summed E-state index contributed by atoms with van der Waals surface area (Å²) in [6.45, 7) is 5.85. The number of amides is 2. The molecule has 0 bridgehead atoms. The van der Waals surface area contributed by atoms with Gasteiger partial charge in [-0.05, 0) is 49.2 Å². The number of hydrogen-bond acceptors (Lipinski definition) is 5. The Hall–Kier alpha value is -2.42. The van der Waals surface area contributed by atoms with Crippen LogP contribution in [-0.2, 0) is 9.59 Å². The maximum absolute atomic E-state index is 12.6. The summed E-state index contributed by atoms with van der Waals surface area (Å²) in [5.41, 5.74) is 3.10. The Balaban J connectivity index is 1.53. The van der Waals surface area contributed by atoms with Crippen LogP contribution in [0.25, 0.3) is 0 Å². The number of halogens is 1. The van der Waals surface area contributed by atoms with Gasteiger partial charge in [0.1, 0.15) is 0 Å². The van der Waals surface area contributed by atoms with Gasteiger partial charge in [0.15, 0.2) is 12.2 Å². The molecule has 3 atom stereocenters. The molecule has 0 spiro atoms. The van der Waals surface area contributed by atoms with Gasteiger partial charge in [-0.2, -0.15) is 0 Å². The molecule has 1 heterocycles. The normalized spacial score (nSPS) is 17.1. The Morgan fingerprint density at radius 1 is 1.00 bits per heavy atom. The zero-order valence-electron chi connectivity index (χ0n) is 17.7. The van der Waals surface area contributed by atoms with Gasteiger partial charge in [-0.25, -0.2) is 0 Å². The van der Waals surface area contributed by atoms with Crippen LogP contribution in [0.4, 0.5) is 5.69 Å². The summed E-state index contributed by atoms with van der Waals surface area (Å²) in [6.07, 6.45) is -3.64. The molecule has 3 rings (SSSR count). The predicted octanol–water partition coefficient (Wildman–Crippen LogP) is 2.01. The van der Waals surface area contributed by atoms with E-state index in [9.17, 15) is 19.8 Å². The first-order valence-electron chi connectivity index (χ1n) is 10.3. The van der Waals surface area contributed by atoms with Crippen molar-refractivity contribution in [2.24, 2.45) is 0 Å². The number of aliphatic hydroxyl groups excluding tert-OH is 2. The molecule has 1 aliphatic rings. The van der Waals surface area contributed by atoms with Crippen molar-refractivity contribution in [3.63, 3.8) is 0 Å². The second-order valence-electron chi connectivity index (χ2n) is 7.82. The number of carbonyl (C=O) groups is 2. The quantitative estimate of drug-likeness (QED) is 0.576. The number of anilines is 1. The number of piperazine rings is 1. The van der Waals surface area contributed by atoms with Crippen LogP contribution in [0.1, 0.15) is 24.1 Å². The molecule has 2 aromatic carbocycles. The Morgan fingerprint density at radius 2 is 1.65 bits per heavy atom. The van der Waals surface area contributed by atoms with Crippen molar-refractivity contribution in [3.8, 4) is 0 Å². The lowest BCUT2D eigenvalue weighted by Crippen LogP contribution is -2.55. The van der Waals surface area contributed by atoms with Gasteiger partial charge in [0.05, 0.1) is 6.04 Å². The maximum atomic E-state index is 12.6. The standard InChI is InChI=1S/C23H28BrN3O4/c1-15-4-3-5-19(14-15)26-10-12-27(13-11-26)23(31)21(29)20(28)22(30)25-16(2)17-6-8-18(24)9-7-17/h3-9,14,16,20-21,28-29H,10-13H2,1-2H3,(H,25,30)/t16-,20?,21?/m0/s1. The second kappa shape index (κ2) is 10.3. The Labute approximate surface area is 190 Å². The van der Waals surface area contributed by atoms with Gasteiger partial charge in [0.25, 0.3) is 11.8 Å². The zero-order valence-corrected chi connectivity index (χ0v) is 19.2. The summed E-state index contributed by atoms with van der Waals surface area (Å²) in [7, 11) is 0. The molecule has 166 valence electrons. The average Bonchev–Trinajstić information content (AvgIpc) is 2.78. The van der Waals surface area contributed by atoms with Crippen molar-refractivity contribution < 1.29 is 19.8 Å². The number of benzene rings is 2. The molecule has 0 radical (unpaired) electrons. The number of rotatable bonds is 6. The fourth-order valence-electron chi connectivity index (χ4n) is 3.61. The fourth-order valence-corrected chi connectivity index (χ4v) is 3.87. The molecule has 0 saturated carbocycles. The predicted molar refractivity (Wildman–Crippen MR) is 123 cm³/mol. The zero-order chi connectivity index (χ0) is 22.5. The summed E-state index contributed by atoms with van der Waals surface area (Å²) in [6, 6.07) is 15.2. The van der Waals surface area contributed by atoms with Crippen LogP contribution >= 0.6 is 15.9 Å². The lowest BCUT2D eigenvalue weighted by Gasteiger charge is -2.37. The van der Waals surface area contributed by atoms with E-state index >= 15 is 0 Å². The molecule has 3 N–H and O–H groups in total. The fraction of sp³-hybridized carbons (Fsp3) is 0.391. The van der Waals surface area contributed by atoms with E-state index < -0.39 is 24.0 Å². The van der Waals surface area contributed by atoms with E-state index in [1.165, 1.54) is 4.90 Å². The molecule has 8 heteroatoms. The van der Waals surface area contributed by atoms with Crippen molar-refractivity contribution in [3.05, 3.63) is 64.1 Å². The number of nitrogens with zero attached hydrogens (tertiary/aromatic N) is 2. The molecule has 0 aliphatic carbocycles. The molecular weight excluding hydrogens is 462 g/mol. The summed E-state index contributed by atoms with van der Waals surface area (Å²) in [4.78, 5) is 28.7. The van der Waals surface area contributed by atoms with Crippen molar-refractivity contribution in [2.45, 2.75) is 32.1 Å². The number of hydrogen-bond donors (Lipinski definition) is 3. The molecule has 1 fully saturated rings. The highest BCUT2D eigenvalue weighted by molar-refractivity contribution is 9.10. The van der Waals surface area contributed by atoms with E-state index in [1.54, 1.807) is 6.92 Å². The van der Waals surface area contributed by atoms with E-state index in [0.717, 1.165) is 21.3 Å². The third-order valence-corrected chi connectivity index (χ3v) is 6.04. The molecule has 1 aliphatic heterocycles. The highest BCUT2D eigenvalue weighted by atomic mass is 79.9. The maximum Gasteiger partial charge on any atom is 0.254 e. The smallest absolute Gasteiger partial charge is 0.254 e. The first-order valence-corrected chi connectivity index (χ1v) is 11.1. The van der Waals surface area contributed by atoms with Crippen LogP contribution in [0.15, 0.2) is 53.0 Å².